The van der Waals surface area contributed by atoms with Gasteiger partial charge in [0.15, 0.2) is 0 Å². The standard InChI is InChI=1S/C15H23NO/c1-3-14(16-4-2)15(17)13-9-8-11-6-5-7-12(11)10-13/h8-10,14-17H,3-7H2,1-2H3. The lowest BCUT2D eigenvalue weighted by Crippen LogP contribution is -2.34. The van der Waals surface area contributed by atoms with E-state index >= 15 is 0 Å². The number of rotatable bonds is 5. The van der Waals surface area contributed by atoms with Crippen LogP contribution in [-0.4, -0.2) is 17.7 Å². The predicted octanol–water partition coefficient (Wildman–Crippen LogP) is 2.60. The second kappa shape index (κ2) is 5.65. The fourth-order valence-corrected chi connectivity index (χ4v) is 2.75. The summed E-state index contributed by atoms with van der Waals surface area (Å²) in [5, 5.41) is 13.7. The van der Waals surface area contributed by atoms with Gasteiger partial charge in [-0.15, -0.1) is 0 Å². The van der Waals surface area contributed by atoms with Crippen molar-refractivity contribution in [2.45, 2.75) is 51.7 Å². The summed E-state index contributed by atoms with van der Waals surface area (Å²) in [7, 11) is 0. The number of hydrogen-bond acceptors (Lipinski definition) is 2. The molecule has 1 aromatic rings. The molecule has 17 heavy (non-hydrogen) atoms. The summed E-state index contributed by atoms with van der Waals surface area (Å²) in [6.45, 7) is 5.10. The molecule has 0 radical (unpaired) electrons. The molecule has 1 aliphatic rings. The van der Waals surface area contributed by atoms with Crippen molar-refractivity contribution in [2.24, 2.45) is 0 Å². The van der Waals surface area contributed by atoms with Crippen molar-refractivity contribution in [2.75, 3.05) is 6.54 Å². The zero-order valence-electron chi connectivity index (χ0n) is 10.9. The Kier molecular flexibility index (Phi) is 4.19. The van der Waals surface area contributed by atoms with Crippen LogP contribution in [0.25, 0.3) is 0 Å². The second-order valence-corrected chi connectivity index (χ2v) is 4.90. The number of benzene rings is 1. The van der Waals surface area contributed by atoms with E-state index in [1.165, 1.54) is 30.4 Å². The molecule has 0 saturated heterocycles. The van der Waals surface area contributed by atoms with Gasteiger partial charge in [0.05, 0.1) is 6.10 Å². The van der Waals surface area contributed by atoms with Gasteiger partial charge in [-0.3, -0.25) is 0 Å². The molecule has 2 nitrogen and oxygen atoms in total. The van der Waals surface area contributed by atoms with Crippen LogP contribution in [-0.2, 0) is 12.8 Å². The molecule has 2 atom stereocenters. The molecule has 0 amide bonds. The second-order valence-electron chi connectivity index (χ2n) is 4.90. The van der Waals surface area contributed by atoms with Crippen LogP contribution in [0.5, 0.6) is 0 Å². The highest BCUT2D eigenvalue weighted by Crippen LogP contribution is 2.27. The molecule has 0 saturated carbocycles. The smallest absolute Gasteiger partial charge is 0.0942 e. The Bertz CT molecular complexity index is 375. The zero-order chi connectivity index (χ0) is 12.3. The van der Waals surface area contributed by atoms with E-state index in [1.54, 1.807) is 0 Å². The quantitative estimate of drug-likeness (QED) is 0.819. The maximum atomic E-state index is 10.4. The minimum Gasteiger partial charge on any atom is -0.387 e. The van der Waals surface area contributed by atoms with Crippen molar-refractivity contribution in [1.29, 1.82) is 0 Å². The summed E-state index contributed by atoms with van der Waals surface area (Å²) < 4.78 is 0. The van der Waals surface area contributed by atoms with Crippen molar-refractivity contribution in [3.05, 3.63) is 34.9 Å². The molecule has 1 aromatic carbocycles. The Labute approximate surface area is 104 Å². The third-order valence-electron chi connectivity index (χ3n) is 3.75. The van der Waals surface area contributed by atoms with Crippen LogP contribution in [0.1, 0.15) is 49.5 Å². The largest absolute Gasteiger partial charge is 0.387 e. The van der Waals surface area contributed by atoms with Gasteiger partial charge in [-0.2, -0.15) is 0 Å². The number of nitrogens with one attached hydrogen (secondary N) is 1. The number of likely N-dealkylation sites (N-methyl/N-ethyl adjacent to an activating group) is 1. The lowest BCUT2D eigenvalue weighted by atomic mass is 9.97. The van der Waals surface area contributed by atoms with Crippen LogP contribution in [0.3, 0.4) is 0 Å². The molecule has 0 heterocycles. The maximum Gasteiger partial charge on any atom is 0.0942 e. The van der Waals surface area contributed by atoms with Crippen LogP contribution in [0.4, 0.5) is 0 Å². The minimum atomic E-state index is -0.383. The zero-order valence-corrected chi connectivity index (χ0v) is 10.9. The molecule has 0 spiro atoms. The summed E-state index contributed by atoms with van der Waals surface area (Å²) in [5.74, 6) is 0. The molecule has 94 valence electrons. The summed E-state index contributed by atoms with van der Waals surface area (Å²) in [6, 6.07) is 6.65. The van der Waals surface area contributed by atoms with E-state index in [0.717, 1.165) is 18.5 Å². The lowest BCUT2D eigenvalue weighted by Gasteiger charge is -2.23. The molecule has 1 aliphatic carbocycles. The normalized spacial score (nSPS) is 17.8. The Balaban J connectivity index is 2.15. The van der Waals surface area contributed by atoms with E-state index in [9.17, 15) is 5.11 Å². The fourth-order valence-electron chi connectivity index (χ4n) is 2.75. The molecule has 2 heteroatoms. The van der Waals surface area contributed by atoms with Crippen molar-refractivity contribution < 1.29 is 5.11 Å². The molecule has 2 unspecified atom stereocenters. The van der Waals surface area contributed by atoms with Gasteiger partial charge in [-0.05, 0) is 48.9 Å². The van der Waals surface area contributed by atoms with Gasteiger partial charge in [0.1, 0.15) is 0 Å². The van der Waals surface area contributed by atoms with Crippen molar-refractivity contribution in [3.8, 4) is 0 Å². The topological polar surface area (TPSA) is 32.3 Å². The molecule has 0 bridgehead atoms. The first-order valence-corrected chi connectivity index (χ1v) is 6.79. The highest BCUT2D eigenvalue weighted by Gasteiger charge is 2.20. The van der Waals surface area contributed by atoms with Crippen molar-refractivity contribution >= 4 is 0 Å². The number of aliphatic hydroxyl groups is 1. The van der Waals surface area contributed by atoms with Crippen LogP contribution < -0.4 is 5.32 Å². The van der Waals surface area contributed by atoms with E-state index < -0.39 is 0 Å². The highest BCUT2D eigenvalue weighted by molar-refractivity contribution is 5.36. The third-order valence-corrected chi connectivity index (χ3v) is 3.75. The van der Waals surface area contributed by atoms with E-state index in [0.29, 0.717) is 0 Å². The number of fused-ring (bicyclic) bond motifs is 1. The Hall–Kier alpha value is -0.860. The Morgan fingerprint density at radius 2 is 2.00 bits per heavy atom. The SMILES string of the molecule is CCNC(CC)C(O)c1ccc2c(c1)CCC2. The maximum absolute atomic E-state index is 10.4. The molecule has 0 aliphatic heterocycles. The summed E-state index contributed by atoms with van der Waals surface area (Å²) in [6.07, 6.45) is 4.21. The lowest BCUT2D eigenvalue weighted by molar-refractivity contribution is 0.127. The van der Waals surface area contributed by atoms with E-state index in [1.807, 2.05) is 0 Å². The summed E-state index contributed by atoms with van der Waals surface area (Å²) in [5.41, 5.74) is 3.98. The van der Waals surface area contributed by atoms with Crippen LogP contribution >= 0.6 is 0 Å². The molecular formula is C15H23NO. The number of hydrogen-bond donors (Lipinski definition) is 2. The van der Waals surface area contributed by atoms with E-state index in [4.69, 9.17) is 0 Å². The van der Waals surface area contributed by atoms with Crippen LogP contribution in [0.2, 0.25) is 0 Å². The molecule has 2 rings (SSSR count). The Morgan fingerprint density at radius 1 is 1.24 bits per heavy atom. The third kappa shape index (κ3) is 2.70. The Morgan fingerprint density at radius 3 is 2.71 bits per heavy atom. The van der Waals surface area contributed by atoms with Crippen molar-refractivity contribution in [1.82, 2.24) is 5.32 Å². The number of aliphatic hydroxyl groups excluding tert-OH is 1. The van der Waals surface area contributed by atoms with Gasteiger partial charge in [0.25, 0.3) is 0 Å². The van der Waals surface area contributed by atoms with Gasteiger partial charge < -0.3 is 10.4 Å². The van der Waals surface area contributed by atoms with Gasteiger partial charge in [0, 0.05) is 6.04 Å². The first-order chi connectivity index (χ1) is 8.26. The van der Waals surface area contributed by atoms with Gasteiger partial charge in [-0.25, -0.2) is 0 Å². The van der Waals surface area contributed by atoms with Crippen LogP contribution in [0.15, 0.2) is 18.2 Å². The highest BCUT2D eigenvalue weighted by atomic mass is 16.3. The molecule has 0 aromatic heterocycles. The van der Waals surface area contributed by atoms with Gasteiger partial charge in [-0.1, -0.05) is 32.0 Å². The van der Waals surface area contributed by atoms with Gasteiger partial charge >= 0.3 is 0 Å². The minimum absolute atomic E-state index is 0.166. The molecule has 0 fully saturated rings. The van der Waals surface area contributed by atoms with E-state index in [2.05, 4.69) is 37.4 Å². The predicted molar refractivity (Wildman–Crippen MR) is 71.2 cm³/mol. The monoisotopic (exact) mass is 233 g/mol. The van der Waals surface area contributed by atoms with Crippen LogP contribution in [0, 0.1) is 0 Å². The molecule has 2 N–H and O–H groups in total. The van der Waals surface area contributed by atoms with Crippen molar-refractivity contribution in [3.63, 3.8) is 0 Å². The molecular weight excluding hydrogens is 210 g/mol. The average Bonchev–Trinajstić information content (AvgIpc) is 2.82. The fraction of sp³-hybridized carbons (Fsp3) is 0.600. The number of aryl methyl sites for hydroxylation is 2. The summed E-state index contributed by atoms with van der Waals surface area (Å²) in [4.78, 5) is 0. The van der Waals surface area contributed by atoms with E-state index in [-0.39, 0.29) is 12.1 Å². The summed E-state index contributed by atoms with van der Waals surface area (Å²) >= 11 is 0. The van der Waals surface area contributed by atoms with Gasteiger partial charge in [0.2, 0.25) is 0 Å². The first-order valence-electron chi connectivity index (χ1n) is 6.79. The average molecular weight is 233 g/mol. The first kappa shape index (κ1) is 12.6.